The second-order valence-corrected chi connectivity index (χ2v) is 5.59. The van der Waals surface area contributed by atoms with Crippen molar-refractivity contribution >= 4 is 44.8 Å². The normalized spacial score (nSPS) is 10.1. The number of carbonyl (C=O) groups is 1. The molecule has 0 saturated heterocycles. The summed E-state index contributed by atoms with van der Waals surface area (Å²) in [6.45, 7) is 0.579. The first-order valence-corrected chi connectivity index (χ1v) is 7.35. The average Bonchev–Trinajstić information content (AvgIpc) is 2.41. The van der Waals surface area contributed by atoms with E-state index >= 15 is 0 Å². The number of anilines is 2. The second kappa shape index (κ2) is 7.31. The Bertz CT molecular complexity index is 587. The number of hydrogen-bond donors (Lipinski definition) is 2. The molecule has 104 valence electrons. The first-order valence-electron chi connectivity index (χ1n) is 6.18. The number of carbonyl (C=O) groups excluding carboxylic acids is 1. The van der Waals surface area contributed by atoms with Crippen LogP contribution in [0.15, 0.2) is 53.0 Å². The number of nitrogens with one attached hydrogen (secondary N) is 2. The van der Waals surface area contributed by atoms with E-state index in [1.54, 1.807) is 24.3 Å². The third kappa shape index (κ3) is 4.87. The maximum absolute atomic E-state index is 11.8. The lowest BCUT2D eigenvalue weighted by atomic mass is 10.3. The van der Waals surface area contributed by atoms with E-state index < -0.39 is 0 Å². The molecule has 2 N–H and O–H groups in total. The predicted molar refractivity (Wildman–Crippen MR) is 87.3 cm³/mol. The molecule has 1 amide bonds. The minimum Gasteiger partial charge on any atom is -0.384 e. The van der Waals surface area contributed by atoms with E-state index in [9.17, 15) is 4.79 Å². The first kappa shape index (κ1) is 14.9. The molecular formula is C15H14BrClN2O. The lowest BCUT2D eigenvalue weighted by molar-refractivity contribution is -0.115. The van der Waals surface area contributed by atoms with Crippen molar-refractivity contribution < 1.29 is 4.79 Å². The minimum atomic E-state index is -0.0326. The molecule has 0 bridgehead atoms. The third-order valence-corrected chi connectivity index (χ3v) is 3.38. The summed E-state index contributed by atoms with van der Waals surface area (Å²) in [6, 6.07) is 14.9. The molecule has 0 heterocycles. The van der Waals surface area contributed by atoms with Crippen LogP contribution in [0.2, 0.25) is 5.02 Å². The van der Waals surface area contributed by atoms with E-state index in [1.165, 1.54) is 0 Å². The van der Waals surface area contributed by atoms with Gasteiger partial charge in [-0.15, -0.1) is 0 Å². The Hall–Kier alpha value is -1.52. The van der Waals surface area contributed by atoms with E-state index in [0.29, 0.717) is 18.0 Å². The summed E-state index contributed by atoms with van der Waals surface area (Å²) >= 11 is 9.19. The molecule has 2 rings (SSSR count). The van der Waals surface area contributed by atoms with Gasteiger partial charge in [0.15, 0.2) is 0 Å². The molecule has 0 aliphatic rings. The molecule has 0 aromatic heterocycles. The average molecular weight is 354 g/mol. The van der Waals surface area contributed by atoms with Gasteiger partial charge in [0.05, 0.1) is 0 Å². The van der Waals surface area contributed by atoms with Crippen molar-refractivity contribution in [2.24, 2.45) is 0 Å². The molecule has 0 saturated carbocycles. The number of benzene rings is 2. The third-order valence-electron chi connectivity index (χ3n) is 2.63. The van der Waals surface area contributed by atoms with Crippen LogP contribution < -0.4 is 10.6 Å². The Labute approximate surface area is 131 Å². The van der Waals surface area contributed by atoms with Crippen molar-refractivity contribution in [2.75, 3.05) is 17.2 Å². The highest BCUT2D eigenvalue weighted by molar-refractivity contribution is 9.10. The Balaban J connectivity index is 1.76. The largest absolute Gasteiger partial charge is 0.384 e. The Morgan fingerprint density at radius 1 is 1.10 bits per heavy atom. The van der Waals surface area contributed by atoms with Crippen molar-refractivity contribution in [1.29, 1.82) is 0 Å². The first-order chi connectivity index (χ1) is 9.63. The van der Waals surface area contributed by atoms with Crippen LogP contribution in [0.3, 0.4) is 0 Å². The molecule has 5 heteroatoms. The highest BCUT2D eigenvalue weighted by atomic mass is 79.9. The standard InChI is InChI=1S/C15H14BrClN2O/c16-11-2-1-3-14(10-11)18-9-8-15(20)19-13-6-4-12(17)5-7-13/h1-7,10,18H,8-9H2,(H,19,20). The van der Waals surface area contributed by atoms with Crippen LogP contribution in [0, 0.1) is 0 Å². The molecule has 2 aromatic rings. The highest BCUT2D eigenvalue weighted by Gasteiger charge is 2.02. The van der Waals surface area contributed by atoms with Crippen molar-refractivity contribution in [1.82, 2.24) is 0 Å². The van der Waals surface area contributed by atoms with Crippen LogP contribution in [0.1, 0.15) is 6.42 Å². The number of amides is 1. The van der Waals surface area contributed by atoms with Crippen LogP contribution in [0.4, 0.5) is 11.4 Å². The molecule has 0 unspecified atom stereocenters. The van der Waals surface area contributed by atoms with Gasteiger partial charge in [-0.05, 0) is 42.5 Å². The van der Waals surface area contributed by atoms with Gasteiger partial charge in [0.1, 0.15) is 0 Å². The predicted octanol–water partition coefficient (Wildman–Crippen LogP) is 4.54. The number of halogens is 2. The fraction of sp³-hybridized carbons (Fsp3) is 0.133. The molecule has 0 aliphatic heterocycles. The van der Waals surface area contributed by atoms with E-state index in [0.717, 1.165) is 15.8 Å². The van der Waals surface area contributed by atoms with Crippen LogP contribution in [-0.4, -0.2) is 12.5 Å². The van der Waals surface area contributed by atoms with E-state index in [1.807, 2.05) is 24.3 Å². The number of rotatable bonds is 5. The summed E-state index contributed by atoms with van der Waals surface area (Å²) < 4.78 is 1.01. The fourth-order valence-corrected chi connectivity index (χ4v) is 2.20. The molecule has 0 spiro atoms. The Morgan fingerprint density at radius 2 is 1.85 bits per heavy atom. The summed E-state index contributed by atoms with van der Waals surface area (Å²) in [4.78, 5) is 11.8. The zero-order valence-corrected chi connectivity index (χ0v) is 13.0. The topological polar surface area (TPSA) is 41.1 Å². The smallest absolute Gasteiger partial charge is 0.226 e. The van der Waals surface area contributed by atoms with Gasteiger partial charge in [-0.25, -0.2) is 0 Å². The molecular weight excluding hydrogens is 340 g/mol. The van der Waals surface area contributed by atoms with Gasteiger partial charge in [-0.2, -0.15) is 0 Å². The molecule has 20 heavy (non-hydrogen) atoms. The van der Waals surface area contributed by atoms with Crippen molar-refractivity contribution in [3.8, 4) is 0 Å². The summed E-state index contributed by atoms with van der Waals surface area (Å²) in [5, 5.41) is 6.67. The maximum atomic E-state index is 11.8. The number of hydrogen-bond acceptors (Lipinski definition) is 2. The zero-order valence-electron chi connectivity index (χ0n) is 10.7. The quantitative estimate of drug-likeness (QED) is 0.828. The van der Waals surface area contributed by atoms with Crippen LogP contribution in [0.25, 0.3) is 0 Å². The van der Waals surface area contributed by atoms with Crippen LogP contribution in [0.5, 0.6) is 0 Å². The maximum Gasteiger partial charge on any atom is 0.226 e. The zero-order chi connectivity index (χ0) is 14.4. The van der Waals surface area contributed by atoms with Gasteiger partial charge in [0, 0.05) is 33.8 Å². The lowest BCUT2D eigenvalue weighted by Gasteiger charge is -2.08. The summed E-state index contributed by atoms with van der Waals surface area (Å²) in [7, 11) is 0. The Morgan fingerprint density at radius 3 is 2.55 bits per heavy atom. The van der Waals surface area contributed by atoms with Gasteiger partial charge >= 0.3 is 0 Å². The van der Waals surface area contributed by atoms with Gasteiger partial charge in [0.25, 0.3) is 0 Å². The van der Waals surface area contributed by atoms with Crippen molar-refractivity contribution in [3.05, 3.63) is 58.0 Å². The van der Waals surface area contributed by atoms with Crippen LogP contribution >= 0.6 is 27.5 Å². The summed E-state index contributed by atoms with van der Waals surface area (Å²) in [5.74, 6) is -0.0326. The molecule has 3 nitrogen and oxygen atoms in total. The van der Waals surface area contributed by atoms with Gasteiger partial charge < -0.3 is 10.6 Å². The van der Waals surface area contributed by atoms with Gasteiger partial charge in [-0.3, -0.25) is 4.79 Å². The summed E-state index contributed by atoms with van der Waals surface area (Å²) in [6.07, 6.45) is 0.398. The Kier molecular flexibility index (Phi) is 5.44. The molecule has 0 fully saturated rings. The SMILES string of the molecule is O=C(CCNc1cccc(Br)c1)Nc1ccc(Cl)cc1. The monoisotopic (exact) mass is 352 g/mol. The minimum absolute atomic E-state index is 0.0326. The van der Waals surface area contributed by atoms with Gasteiger partial charge in [0.2, 0.25) is 5.91 Å². The van der Waals surface area contributed by atoms with Crippen molar-refractivity contribution in [3.63, 3.8) is 0 Å². The van der Waals surface area contributed by atoms with Gasteiger partial charge in [-0.1, -0.05) is 33.6 Å². The van der Waals surface area contributed by atoms with E-state index in [4.69, 9.17) is 11.6 Å². The van der Waals surface area contributed by atoms with Crippen LogP contribution in [-0.2, 0) is 4.79 Å². The fourth-order valence-electron chi connectivity index (χ4n) is 1.68. The molecule has 0 radical (unpaired) electrons. The van der Waals surface area contributed by atoms with E-state index in [2.05, 4.69) is 26.6 Å². The van der Waals surface area contributed by atoms with E-state index in [-0.39, 0.29) is 5.91 Å². The molecule has 0 aliphatic carbocycles. The second-order valence-electron chi connectivity index (χ2n) is 4.24. The highest BCUT2D eigenvalue weighted by Crippen LogP contribution is 2.16. The lowest BCUT2D eigenvalue weighted by Crippen LogP contribution is -2.16. The molecule has 0 atom stereocenters. The molecule has 2 aromatic carbocycles. The van der Waals surface area contributed by atoms with Crippen molar-refractivity contribution in [2.45, 2.75) is 6.42 Å². The summed E-state index contributed by atoms with van der Waals surface area (Å²) in [5.41, 5.74) is 1.74.